The molecule has 7 nitrogen and oxygen atoms in total. The van der Waals surface area contributed by atoms with Gasteiger partial charge in [-0.2, -0.15) is 15.0 Å². The number of unbranched alkanes of at least 4 members (excludes halogenated alkanes) is 1. The van der Waals surface area contributed by atoms with Crippen molar-refractivity contribution >= 4 is 11.9 Å². The summed E-state index contributed by atoms with van der Waals surface area (Å²) < 4.78 is 5.45. The van der Waals surface area contributed by atoms with E-state index >= 15 is 0 Å². The second kappa shape index (κ2) is 8.47. The Hall–Kier alpha value is -1.63. The number of ether oxygens (including phenoxy) is 1. The van der Waals surface area contributed by atoms with Crippen molar-refractivity contribution in [3.63, 3.8) is 0 Å². The first-order valence-electron chi connectivity index (χ1n) is 6.85. The minimum Gasteiger partial charge on any atom is -0.463 e. The van der Waals surface area contributed by atoms with Gasteiger partial charge in [-0.05, 0) is 19.8 Å². The van der Waals surface area contributed by atoms with E-state index < -0.39 is 0 Å². The molecule has 0 aromatic carbocycles. The average Bonchev–Trinajstić information content (AvgIpc) is 2.45. The van der Waals surface area contributed by atoms with Crippen molar-refractivity contribution < 1.29 is 4.74 Å². The van der Waals surface area contributed by atoms with Crippen LogP contribution in [-0.2, 0) is 0 Å². The van der Waals surface area contributed by atoms with Crippen molar-refractivity contribution in [2.24, 2.45) is 5.84 Å². The average molecular weight is 268 g/mol. The summed E-state index contributed by atoms with van der Waals surface area (Å²) in [7, 11) is 0. The lowest BCUT2D eigenvalue weighted by atomic mass is 10.3. The second-order valence-corrected chi connectivity index (χ2v) is 4.17. The molecule has 7 heteroatoms. The van der Waals surface area contributed by atoms with Crippen molar-refractivity contribution in [2.75, 3.05) is 30.0 Å². The fourth-order valence-electron chi connectivity index (χ4n) is 1.56. The molecule has 0 aliphatic carbocycles. The Morgan fingerprint density at radius 2 is 1.95 bits per heavy atom. The molecule has 0 unspecified atom stereocenters. The van der Waals surface area contributed by atoms with E-state index in [2.05, 4.69) is 39.1 Å². The highest BCUT2D eigenvalue weighted by Crippen LogP contribution is 2.15. The topological polar surface area (TPSA) is 89.2 Å². The lowest BCUT2D eigenvalue weighted by molar-refractivity contribution is 0.292. The number of rotatable bonds is 9. The van der Waals surface area contributed by atoms with E-state index in [-0.39, 0.29) is 0 Å². The van der Waals surface area contributed by atoms with Gasteiger partial charge in [0.1, 0.15) is 0 Å². The van der Waals surface area contributed by atoms with Crippen LogP contribution in [0.4, 0.5) is 11.9 Å². The fraction of sp³-hybridized carbons (Fsp3) is 0.750. The van der Waals surface area contributed by atoms with Crippen molar-refractivity contribution in [1.82, 2.24) is 15.0 Å². The third kappa shape index (κ3) is 4.86. The molecular formula is C12H24N6O. The molecule has 0 aliphatic rings. The number of hydrogen-bond acceptors (Lipinski definition) is 7. The molecule has 0 saturated carbocycles. The van der Waals surface area contributed by atoms with E-state index in [0.717, 1.165) is 32.4 Å². The van der Waals surface area contributed by atoms with Crippen LogP contribution in [0.1, 0.15) is 40.0 Å². The number of nitrogens with two attached hydrogens (primary N) is 1. The fourth-order valence-corrected chi connectivity index (χ4v) is 1.56. The highest BCUT2D eigenvalue weighted by molar-refractivity contribution is 5.37. The van der Waals surface area contributed by atoms with Crippen molar-refractivity contribution in [3.8, 4) is 6.01 Å². The zero-order chi connectivity index (χ0) is 14.1. The maximum absolute atomic E-state index is 5.45. The lowest BCUT2D eigenvalue weighted by Crippen LogP contribution is -2.27. The highest BCUT2D eigenvalue weighted by atomic mass is 16.5. The van der Waals surface area contributed by atoms with Crippen LogP contribution in [0.15, 0.2) is 0 Å². The van der Waals surface area contributed by atoms with Gasteiger partial charge in [0.05, 0.1) is 6.61 Å². The van der Waals surface area contributed by atoms with Crippen LogP contribution in [0.5, 0.6) is 6.01 Å². The van der Waals surface area contributed by atoms with E-state index in [1.807, 2.05) is 6.92 Å². The van der Waals surface area contributed by atoms with Crippen LogP contribution in [0, 0.1) is 0 Å². The van der Waals surface area contributed by atoms with E-state index in [4.69, 9.17) is 10.6 Å². The molecule has 0 atom stereocenters. The minimum atomic E-state index is 0.315. The summed E-state index contributed by atoms with van der Waals surface area (Å²) >= 11 is 0. The number of hydrazine groups is 1. The number of nitrogens with one attached hydrogen (secondary N) is 1. The first-order valence-corrected chi connectivity index (χ1v) is 6.85. The maximum Gasteiger partial charge on any atom is 0.323 e. The molecule has 3 N–H and O–H groups in total. The van der Waals surface area contributed by atoms with Gasteiger partial charge in [0.15, 0.2) is 0 Å². The number of anilines is 2. The SMILES string of the molecule is CCCCN(CC)c1nc(NN)nc(OCCC)n1. The van der Waals surface area contributed by atoms with Gasteiger partial charge in [0, 0.05) is 13.1 Å². The third-order valence-corrected chi connectivity index (χ3v) is 2.61. The molecule has 0 saturated heterocycles. The van der Waals surface area contributed by atoms with Gasteiger partial charge in [0.25, 0.3) is 0 Å². The van der Waals surface area contributed by atoms with Crippen molar-refractivity contribution in [2.45, 2.75) is 40.0 Å². The quantitative estimate of drug-likeness (QED) is 0.519. The summed E-state index contributed by atoms with van der Waals surface area (Å²) in [6.45, 7) is 8.58. The molecule has 0 bridgehead atoms. The Balaban J connectivity index is 2.89. The van der Waals surface area contributed by atoms with Gasteiger partial charge in [-0.25, -0.2) is 5.84 Å². The predicted octanol–water partition coefficient (Wildman–Crippen LogP) is 1.57. The van der Waals surface area contributed by atoms with Gasteiger partial charge in [-0.3, -0.25) is 5.43 Å². The van der Waals surface area contributed by atoms with Crippen LogP contribution in [0.3, 0.4) is 0 Å². The molecule has 0 spiro atoms. The van der Waals surface area contributed by atoms with Crippen molar-refractivity contribution in [1.29, 1.82) is 0 Å². The van der Waals surface area contributed by atoms with Gasteiger partial charge >= 0.3 is 6.01 Å². The molecule has 0 aliphatic heterocycles. The smallest absolute Gasteiger partial charge is 0.323 e. The monoisotopic (exact) mass is 268 g/mol. The summed E-state index contributed by atoms with van der Waals surface area (Å²) in [5.41, 5.74) is 2.45. The summed E-state index contributed by atoms with van der Waals surface area (Å²) in [6, 6.07) is 0.315. The van der Waals surface area contributed by atoms with Crippen molar-refractivity contribution in [3.05, 3.63) is 0 Å². The number of nitrogens with zero attached hydrogens (tertiary/aromatic N) is 4. The molecule has 19 heavy (non-hydrogen) atoms. The third-order valence-electron chi connectivity index (χ3n) is 2.61. The Bertz CT molecular complexity index is 373. The predicted molar refractivity (Wildman–Crippen MR) is 76.2 cm³/mol. The first-order chi connectivity index (χ1) is 9.24. The Morgan fingerprint density at radius 3 is 2.53 bits per heavy atom. The molecule has 1 aromatic heterocycles. The molecule has 1 heterocycles. The Labute approximate surface area is 114 Å². The molecule has 0 fully saturated rings. The van der Waals surface area contributed by atoms with Crippen LogP contribution >= 0.6 is 0 Å². The van der Waals surface area contributed by atoms with Gasteiger partial charge in [-0.15, -0.1) is 0 Å². The van der Waals surface area contributed by atoms with E-state index in [9.17, 15) is 0 Å². The Kier molecular flexibility index (Phi) is 6.88. The van der Waals surface area contributed by atoms with Gasteiger partial charge in [0.2, 0.25) is 11.9 Å². The highest BCUT2D eigenvalue weighted by Gasteiger charge is 2.12. The van der Waals surface area contributed by atoms with E-state index in [0.29, 0.717) is 24.5 Å². The number of aromatic nitrogens is 3. The molecule has 108 valence electrons. The zero-order valence-corrected chi connectivity index (χ0v) is 12.0. The molecule has 0 amide bonds. The number of hydrogen-bond donors (Lipinski definition) is 2. The van der Waals surface area contributed by atoms with Gasteiger partial charge < -0.3 is 9.64 Å². The molecule has 0 radical (unpaired) electrons. The van der Waals surface area contributed by atoms with Gasteiger partial charge in [-0.1, -0.05) is 20.3 Å². The second-order valence-electron chi connectivity index (χ2n) is 4.17. The molecule has 1 rings (SSSR count). The maximum atomic E-state index is 5.45. The lowest BCUT2D eigenvalue weighted by Gasteiger charge is -2.21. The number of nitrogen functional groups attached to an aromatic ring is 1. The van der Waals surface area contributed by atoms with Crippen LogP contribution in [0.2, 0.25) is 0 Å². The summed E-state index contributed by atoms with van der Waals surface area (Å²) in [4.78, 5) is 14.8. The minimum absolute atomic E-state index is 0.315. The normalized spacial score (nSPS) is 10.3. The molecular weight excluding hydrogens is 244 g/mol. The Morgan fingerprint density at radius 1 is 1.16 bits per heavy atom. The van der Waals surface area contributed by atoms with E-state index in [1.54, 1.807) is 0 Å². The van der Waals surface area contributed by atoms with E-state index in [1.165, 1.54) is 0 Å². The standard InChI is InChI=1S/C12H24N6O/c1-4-7-8-18(6-3)11-14-10(17-13)15-12(16-11)19-9-5-2/h4-9,13H2,1-3H3,(H,14,15,16,17). The molecule has 1 aromatic rings. The summed E-state index contributed by atoms with van der Waals surface area (Å²) in [5, 5.41) is 0. The van der Waals surface area contributed by atoms with Crippen LogP contribution < -0.4 is 20.9 Å². The van der Waals surface area contributed by atoms with Crippen LogP contribution in [-0.4, -0.2) is 34.6 Å². The summed E-state index contributed by atoms with van der Waals surface area (Å²) in [6.07, 6.45) is 3.12. The zero-order valence-electron chi connectivity index (χ0n) is 12.0. The summed E-state index contributed by atoms with van der Waals surface area (Å²) in [5.74, 6) is 6.31. The van der Waals surface area contributed by atoms with Crippen LogP contribution in [0.25, 0.3) is 0 Å². The largest absolute Gasteiger partial charge is 0.463 e. The first kappa shape index (κ1) is 15.4.